The van der Waals surface area contributed by atoms with Crippen molar-refractivity contribution in [2.75, 3.05) is 13.3 Å². The number of nitrogens with two attached hydrogens (primary N) is 1. The maximum atomic E-state index is 6.11. The lowest BCUT2D eigenvalue weighted by Crippen LogP contribution is -2.30. The lowest BCUT2D eigenvalue weighted by molar-refractivity contribution is 0.172. The minimum absolute atomic E-state index is 0.267. The normalized spacial score (nSPS) is 13.9. The van der Waals surface area contributed by atoms with Crippen LogP contribution in [0.4, 0.5) is 0 Å². The third-order valence-corrected chi connectivity index (χ3v) is 3.21. The van der Waals surface area contributed by atoms with E-state index in [9.17, 15) is 0 Å². The van der Waals surface area contributed by atoms with Crippen LogP contribution in [-0.4, -0.2) is 21.7 Å². The van der Waals surface area contributed by atoms with Crippen molar-refractivity contribution in [3.63, 3.8) is 0 Å². The Kier molecular flexibility index (Phi) is 3.30. The maximum absolute atomic E-state index is 6.11. The molecular weight excluding hydrogens is 234 g/mol. The molecular formula is C12H19NO3Si. The molecule has 0 unspecified atom stereocenters. The molecule has 0 saturated heterocycles. The Morgan fingerprint density at radius 1 is 1.29 bits per heavy atom. The summed E-state index contributed by atoms with van der Waals surface area (Å²) in [6.45, 7) is 7.31. The van der Waals surface area contributed by atoms with Gasteiger partial charge in [0.15, 0.2) is 11.5 Å². The summed E-state index contributed by atoms with van der Waals surface area (Å²) >= 11 is 0. The van der Waals surface area contributed by atoms with Crippen LogP contribution in [0.2, 0.25) is 19.6 Å². The highest BCUT2D eigenvalue weighted by Gasteiger charge is 2.26. The van der Waals surface area contributed by atoms with Crippen LogP contribution in [0.25, 0.3) is 0 Å². The van der Waals surface area contributed by atoms with Crippen molar-refractivity contribution in [1.82, 2.24) is 0 Å². The summed E-state index contributed by atoms with van der Waals surface area (Å²) < 4.78 is 17.0. The molecule has 0 bridgehead atoms. The molecule has 0 atom stereocenters. The summed E-state index contributed by atoms with van der Waals surface area (Å²) in [6.07, 6.45) is 0.788. The van der Waals surface area contributed by atoms with Crippen LogP contribution in [0.3, 0.4) is 0 Å². The molecule has 1 aromatic carbocycles. The smallest absolute Gasteiger partial charge is 0.242 e. The first-order valence-corrected chi connectivity index (χ1v) is 9.22. The van der Waals surface area contributed by atoms with Crippen LogP contribution in [0.5, 0.6) is 17.2 Å². The van der Waals surface area contributed by atoms with E-state index in [-0.39, 0.29) is 6.79 Å². The van der Waals surface area contributed by atoms with Gasteiger partial charge in [0.2, 0.25) is 20.9 Å². The molecule has 0 aliphatic carbocycles. The monoisotopic (exact) mass is 253 g/mol. The lowest BCUT2D eigenvalue weighted by Gasteiger charge is -2.22. The molecule has 4 nitrogen and oxygen atoms in total. The van der Waals surface area contributed by atoms with E-state index < -0.39 is 8.32 Å². The van der Waals surface area contributed by atoms with Crippen LogP contribution in [-0.2, 0) is 6.42 Å². The molecule has 5 heteroatoms. The average Bonchev–Trinajstić information content (AvgIpc) is 2.68. The number of hydrogen-bond acceptors (Lipinski definition) is 4. The van der Waals surface area contributed by atoms with Crippen molar-refractivity contribution in [2.24, 2.45) is 5.73 Å². The standard InChI is InChI=1S/C12H19NO3Si/c1-17(2,3)16-11-9(6-7-13)4-5-10-12(11)15-8-14-10/h4-5H,6-8,13H2,1-3H3. The number of ether oxygens (including phenoxy) is 2. The van der Waals surface area contributed by atoms with Crippen molar-refractivity contribution in [3.05, 3.63) is 17.7 Å². The first kappa shape index (κ1) is 12.3. The summed E-state index contributed by atoms with van der Waals surface area (Å²) in [7, 11) is -1.68. The van der Waals surface area contributed by atoms with Crippen LogP contribution in [0, 0.1) is 0 Å². The van der Waals surface area contributed by atoms with E-state index in [2.05, 4.69) is 19.6 Å². The minimum Gasteiger partial charge on any atom is -0.542 e. The summed E-state index contributed by atoms with van der Waals surface area (Å²) in [4.78, 5) is 0. The summed E-state index contributed by atoms with van der Waals surface area (Å²) in [6, 6.07) is 3.93. The van der Waals surface area contributed by atoms with Gasteiger partial charge < -0.3 is 19.6 Å². The van der Waals surface area contributed by atoms with E-state index >= 15 is 0 Å². The average molecular weight is 253 g/mol. The molecule has 1 aliphatic rings. The quantitative estimate of drug-likeness (QED) is 0.835. The second-order valence-corrected chi connectivity index (χ2v) is 9.47. The fraction of sp³-hybridized carbons (Fsp3) is 0.500. The zero-order valence-corrected chi connectivity index (χ0v) is 11.6. The lowest BCUT2D eigenvalue weighted by atomic mass is 10.1. The highest BCUT2D eigenvalue weighted by Crippen LogP contribution is 2.44. The number of hydrogen-bond donors (Lipinski definition) is 1. The van der Waals surface area contributed by atoms with Crippen LogP contribution < -0.4 is 19.6 Å². The molecule has 0 fully saturated rings. The number of fused-ring (bicyclic) bond motifs is 1. The Hall–Kier alpha value is -1.20. The Bertz CT molecular complexity index is 415. The minimum atomic E-state index is -1.68. The number of benzene rings is 1. The Balaban J connectivity index is 2.40. The SMILES string of the molecule is C[Si](C)(C)Oc1c(CCN)ccc2c1OCO2. The van der Waals surface area contributed by atoms with Gasteiger partial charge in [0, 0.05) is 0 Å². The maximum Gasteiger partial charge on any atom is 0.242 e. The first-order chi connectivity index (χ1) is 8.01. The molecule has 1 aromatic rings. The van der Waals surface area contributed by atoms with Crippen LogP contribution >= 0.6 is 0 Å². The Morgan fingerprint density at radius 3 is 2.71 bits per heavy atom. The molecule has 94 valence electrons. The zero-order chi connectivity index (χ0) is 12.5. The number of rotatable bonds is 4. The topological polar surface area (TPSA) is 53.7 Å². The van der Waals surface area contributed by atoms with E-state index in [0.717, 1.165) is 29.2 Å². The second kappa shape index (κ2) is 4.58. The zero-order valence-electron chi connectivity index (χ0n) is 10.6. The van der Waals surface area contributed by atoms with Gasteiger partial charge >= 0.3 is 0 Å². The van der Waals surface area contributed by atoms with Crippen molar-refractivity contribution in [3.8, 4) is 17.2 Å². The van der Waals surface area contributed by atoms with E-state index in [4.69, 9.17) is 19.6 Å². The van der Waals surface area contributed by atoms with Crippen molar-refractivity contribution < 1.29 is 13.9 Å². The second-order valence-electron chi connectivity index (χ2n) is 5.04. The van der Waals surface area contributed by atoms with Crippen LogP contribution in [0.15, 0.2) is 12.1 Å². The highest BCUT2D eigenvalue weighted by molar-refractivity contribution is 6.70. The van der Waals surface area contributed by atoms with Crippen molar-refractivity contribution in [1.29, 1.82) is 0 Å². The molecule has 0 saturated carbocycles. The molecule has 0 radical (unpaired) electrons. The van der Waals surface area contributed by atoms with Gasteiger partial charge in [0.25, 0.3) is 0 Å². The third kappa shape index (κ3) is 2.73. The van der Waals surface area contributed by atoms with Gasteiger partial charge in [-0.2, -0.15) is 0 Å². The Morgan fingerprint density at radius 2 is 2.06 bits per heavy atom. The summed E-state index contributed by atoms with van der Waals surface area (Å²) in [5, 5.41) is 0. The predicted octanol–water partition coefficient (Wildman–Crippen LogP) is 2.13. The van der Waals surface area contributed by atoms with Gasteiger partial charge in [-0.05, 0) is 44.2 Å². The van der Waals surface area contributed by atoms with Gasteiger partial charge in [-0.1, -0.05) is 6.07 Å². The molecule has 0 spiro atoms. The van der Waals surface area contributed by atoms with Gasteiger partial charge in [-0.25, -0.2) is 0 Å². The largest absolute Gasteiger partial charge is 0.542 e. The van der Waals surface area contributed by atoms with E-state index in [1.165, 1.54) is 0 Å². The van der Waals surface area contributed by atoms with Gasteiger partial charge in [0.05, 0.1) is 0 Å². The first-order valence-electron chi connectivity index (χ1n) is 5.82. The van der Waals surface area contributed by atoms with Crippen molar-refractivity contribution >= 4 is 8.32 Å². The molecule has 1 heterocycles. The fourth-order valence-corrected chi connectivity index (χ4v) is 2.59. The molecule has 0 amide bonds. The summed E-state index contributed by atoms with van der Waals surface area (Å²) in [5.41, 5.74) is 6.72. The van der Waals surface area contributed by atoms with Gasteiger partial charge in [-0.3, -0.25) is 0 Å². The molecule has 2 rings (SSSR count). The highest BCUT2D eigenvalue weighted by atomic mass is 28.4. The molecule has 1 aliphatic heterocycles. The van der Waals surface area contributed by atoms with Crippen LogP contribution in [0.1, 0.15) is 5.56 Å². The van der Waals surface area contributed by atoms with E-state index in [1.807, 2.05) is 12.1 Å². The van der Waals surface area contributed by atoms with Gasteiger partial charge in [-0.15, -0.1) is 0 Å². The van der Waals surface area contributed by atoms with E-state index in [0.29, 0.717) is 6.54 Å². The fourth-order valence-electron chi connectivity index (χ4n) is 1.76. The molecule has 2 N–H and O–H groups in total. The Labute approximate surface area is 103 Å². The van der Waals surface area contributed by atoms with E-state index in [1.54, 1.807) is 0 Å². The molecule has 0 aromatic heterocycles. The predicted molar refractivity (Wildman–Crippen MR) is 69.3 cm³/mol. The van der Waals surface area contributed by atoms with Gasteiger partial charge in [0.1, 0.15) is 0 Å². The summed E-state index contributed by atoms with van der Waals surface area (Å²) in [5.74, 6) is 2.32. The van der Waals surface area contributed by atoms with Crippen molar-refractivity contribution in [2.45, 2.75) is 26.1 Å². The third-order valence-electron chi connectivity index (χ3n) is 2.40. The molecule has 17 heavy (non-hydrogen) atoms.